The second-order valence-corrected chi connectivity index (χ2v) is 2.80. The highest BCUT2D eigenvalue weighted by molar-refractivity contribution is 5.76. The van der Waals surface area contributed by atoms with Crippen molar-refractivity contribution >= 4 is 11.3 Å². The summed E-state index contributed by atoms with van der Waals surface area (Å²) in [4.78, 5) is 0. The Kier molecular flexibility index (Phi) is 3.24. The lowest BCUT2D eigenvalue weighted by Crippen LogP contribution is -1.91. The van der Waals surface area contributed by atoms with E-state index in [0.29, 0.717) is 0 Å². The molecule has 72 valence electrons. The Morgan fingerprint density at radius 2 is 2.07 bits per heavy atom. The fraction of sp³-hybridized carbons (Fsp3) is 0. The summed E-state index contributed by atoms with van der Waals surface area (Å²) >= 11 is 0. The monoisotopic (exact) mass is 189 g/mol. The van der Waals surface area contributed by atoms with Crippen molar-refractivity contribution in [2.24, 2.45) is 0 Å². The van der Waals surface area contributed by atoms with E-state index in [0.717, 1.165) is 11.1 Å². The Bertz CT molecular complexity index is 391. The van der Waals surface area contributed by atoms with Crippen molar-refractivity contribution in [1.82, 2.24) is 0 Å². The summed E-state index contributed by atoms with van der Waals surface area (Å²) in [5.41, 5.74) is 7.28. The number of rotatable bonds is 3. The Labute approximate surface area is 83.1 Å². The fourth-order valence-corrected chi connectivity index (χ4v) is 1.13. The zero-order chi connectivity index (χ0) is 10.6. The van der Waals surface area contributed by atoms with Crippen LogP contribution in [0.4, 0.5) is 10.1 Å². The number of halogens is 1. The predicted octanol–water partition coefficient (Wildman–Crippen LogP) is 3.16. The van der Waals surface area contributed by atoms with Crippen LogP contribution in [0.25, 0.3) is 5.57 Å². The van der Waals surface area contributed by atoms with Gasteiger partial charge in [0.25, 0.3) is 0 Å². The minimum Gasteiger partial charge on any atom is -0.396 e. The van der Waals surface area contributed by atoms with E-state index >= 15 is 0 Å². The number of benzene rings is 1. The van der Waals surface area contributed by atoms with Crippen molar-refractivity contribution < 1.29 is 4.39 Å². The third-order valence-electron chi connectivity index (χ3n) is 1.85. The Morgan fingerprint density at radius 3 is 2.57 bits per heavy atom. The summed E-state index contributed by atoms with van der Waals surface area (Å²) in [6, 6.07) is 4.57. The molecular weight excluding hydrogens is 177 g/mol. The Morgan fingerprint density at radius 1 is 1.36 bits per heavy atom. The van der Waals surface area contributed by atoms with Crippen molar-refractivity contribution in [3.63, 3.8) is 0 Å². The molecule has 0 saturated heterocycles. The van der Waals surface area contributed by atoms with Crippen LogP contribution in [-0.4, -0.2) is 0 Å². The van der Waals surface area contributed by atoms with Crippen LogP contribution in [0.2, 0.25) is 0 Å². The van der Waals surface area contributed by atoms with E-state index in [4.69, 9.17) is 5.73 Å². The van der Waals surface area contributed by atoms with Gasteiger partial charge in [-0.1, -0.05) is 37.5 Å². The molecule has 0 radical (unpaired) electrons. The maximum Gasteiger partial charge on any atom is 0.146 e. The van der Waals surface area contributed by atoms with Crippen molar-refractivity contribution in [2.45, 2.75) is 0 Å². The number of hydrogen-bond donors (Lipinski definition) is 1. The number of allylic oxidation sites excluding steroid dienone is 4. The maximum absolute atomic E-state index is 12.9. The number of anilines is 1. The van der Waals surface area contributed by atoms with Gasteiger partial charge in [-0.15, -0.1) is 0 Å². The SMILES string of the molecule is C=C/C=C(\C=C)c1ccc(F)c(N)c1. The van der Waals surface area contributed by atoms with Crippen LogP contribution >= 0.6 is 0 Å². The van der Waals surface area contributed by atoms with Crippen molar-refractivity contribution in [3.05, 3.63) is 61.0 Å². The van der Waals surface area contributed by atoms with E-state index in [9.17, 15) is 4.39 Å². The average molecular weight is 189 g/mol. The van der Waals surface area contributed by atoms with Crippen molar-refractivity contribution in [1.29, 1.82) is 0 Å². The average Bonchev–Trinajstić information content (AvgIpc) is 2.19. The second-order valence-electron chi connectivity index (χ2n) is 2.80. The van der Waals surface area contributed by atoms with Gasteiger partial charge in [0.15, 0.2) is 0 Å². The largest absolute Gasteiger partial charge is 0.396 e. The quantitative estimate of drug-likeness (QED) is 0.573. The second kappa shape index (κ2) is 4.42. The van der Waals surface area contributed by atoms with Gasteiger partial charge in [0.05, 0.1) is 5.69 Å². The van der Waals surface area contributed by atoms with E-state index in [1.807, 2.05) is 0 Å². The summed E-state index contributed by atoms with van der Waals surface area (Å²) in [6.45, 7) is 7.24. The van der Waals surface area contributed by atoms with E-state index in [2.05, 4.69) is 13.2 Å². The van der Waals surface area contributed by atoms with Crippen LogP contribution < -0.4 is 5.73 Å². The highest BCUT2D eigenvalue weighted by atomic mass is 19.1. The van der Waals surface area contributed by atoms with E-state index in [-0.39, 0.29) is 5.69 Å². The van der Waals surface area contributed by atoms with Crippen molar-refractivity contribution in [3.8, 4) is 0 Å². The minimum absolute atomic E-state index is 0.138. The molecule has 2 heteroatoms. The molecule has 14 heavy (non-hydrogen) atoms. The lowest BCUT2D eigenvalue weighted by atomic mass is 10.0. The van der Waals surface area contributed by atoms with E-state index < -0.39 is 5.82 Å². The van der Waals surface area contributed by atoms with Crippen LogP contribution in [0.3, 0.4) is 0 Å². The first-order valence-electron chi connectivity index (χ1n) is 4.19. The molecule has 1 rings (SSSR count). The summed E-state index contributed by atoms with van der Waals surface area (Å²) in [5.74, 6) is -0.407. The Hall–Kier alpha value is -1.83. The zero-order valence-corrected chi connectivity index (χ0v) is 7.83. The molecule has 0 amide bonds. The topological polar surface area (TPSA) is 26.0 Å². The van der Waals surface area contributed by atoms with Gasteiger partial charge < -0.3 is 5.73 Å². The molecule has 1 aromatic carbocycles. The highest BCUT2D eigenvalue weighted by Crippen LogP contribution is 2.20. The molecule has 0 unspecified atom stereocenters. The predicted molar refractivity (Wildman–Crippen MR) is 59.2 cm³/mol. The number of nitrogen functional groups attached to an aromatic ring is 1. The molecule has 1 nitrogen and oxygen atoms in total. The molecule has 0 atom stereocenters. The summed E-state index contributed by atoms with van der Waals surface area (Å²) in [5, 5.41) is 0. The third kappa shape index (κ3) is 2.10. The lowest BCUT2D eigenvalue weighted by Gasteiger charge is -2.03. The van der Waals surface area contributed by atoms with Gasteiger partial charge in [-0.25, -0.2) is 4.39 Å². The van der Waals surface area contributed by atoms with Crippen LogP contribution in [0.1, 0.15) is 5.56 Å². The molecule has 2 N–H and O–H groups in total. The molecule has 0 aliphatic carbocycles. The normalized spacial score (nSPS) is 11.1. The van der Waals surface area contributed by atoms with E-state index in [1.165, 1.54) is 6.07 Å². The molecule has 0 heterocycles. The summed E-state index contributed by atoms with van der Waals surface area (Å²) < 4.78 is 12.9. The van der Waals surface area contributed by atoms with Gasteiger partial charge in [0.2, 0.25) is 0 Å². The summed E-state index contributed by atoms with van der Waals surface area (Å²) in [7, 11) is 0. The molecular formula is C12H12FN. The van der Waals surface area contributed by atoms with Gasteiger partial charge in [-0.05, 0) is 23.3 Å². The molecule has 0 spiro atoms. The smallest absolute Gasteiger partial charge is 0.146 e. The molecule has 0 saturated carbocycles. The first-order valence-corrected chi connectivity index (χ1v) is 4.19. The van der Waals surface area contributed by atoms with Gasteiger partial charge in [0, 0.05) is 0 Å². The maximum atomic E-state index is 12.9. The van der Waals surface area contributed by atoms with Crippen LogP contribution in [-0.2, 0) is 0 Å². The Balaban J connectivity index is 3.18. The van der Waals surface area contributed by atoms with Gasteiger partial charge >= 0.3 is 0 Å². The van der Waals surface area contributed by atoms with Crippen LogP contribution in [0, 0.1) is 5.82 Å². The van der Waals surface area contributed by atoms with E-state index in [1.54, 1.807) is 30.4 Å². The first-order chi connectivity index (χ1) is 6.69. The molecule has 0 fully saturated rings. The molecule has 0 aliphatic rings. The fourth-order valence-electron chi connectivity index (χ4n) is 1.13. The standard InChI is InChI=1S/C12H12FN/c1-3-5-9(4-2)10-6-7-11(13)12(14)8-10/h3-8H,1-2,14H2/b9-5+. The van der Waals surface area contributed by atoms with Gasteiger partial charge in [-0.2, -0.15) is 0 Å². The number of hydrogen-bond acceptors (Lipinski definition) is 1. The molecule has 0 aromatic heterocycles. The van der Waals surface area contributed by atoms with Crippen LogP contribution in [0.15, 0.2) is 49.6 Å². The summed E-state index contributed by atoms with van der Waals surface area (Å²) in [6.07, 6.45) is 5.12. The van der Waals surface area contributed by atoms with Gasteiger partial charge in [-0.3, -0.25) is 0 Å². The van der Waals surface area contributed by atoms with Crippen molar-refractivity contribution in [2.75, 3.05) is 5.73 Å². The zero-order valence-electron chi connectivity index (χ0n) is 7.83. The molecule has 0 bridgehead atoms. The minimum atomic E-state index is -0.407. The molecule has 0 aliphatic heterocycles. The van der Waals surface area contributed by atoms with Gasteiger partial charge in [0.1, 0.15) is 5.82 Å². The molecule has 1 aromatic rings. The number of nitrogens with two attached hydrogens (primary N) is 1. The van der Waals surface area contributed by atoms with Crippen LogP contribution in [0.5, 0.6) is 0 Å². The lowest BCUT2D eigenvalue weighted by molar-refractivity contribution is 0.632. The highest BCUT2D eigenvalue weighted by Gasteiger charge is 2.01. The first kappa shape index (κ1) is 10.3. The third-order valence-corrected chi connectivity index (χ3v) is 1.85.